The smallest absolute Gasteiger partial charge is 0.169 e. The van der Waals surface area contributed by atoms with Crippen LogP contribution in [0.3, 0.4) is 0 Å². The fourth-order valence-corrected chi connectivity index (χ4v) is 2.11. The molecule has 1 saturated heterocycles. The maximum atomic E-state index is 5.51. The molecule has 0 aromatic heterocycles. The number of piperidine rings is 1. The average Bonchev–Trinajstić information content (AvgIpc) is 2.18. The molecule has 0 aromatic rings. The van der Waals surface area contributed by atoms with Gasteiger partial charge in [0, 0.05) is 26.7 Å². The highest BCUT2D eigenvalue weighted by Gasteiger charge is 2.31. The van der Waals surface area contributed by atoms with Crippen molar-refractivity contribution in [3.8, 4) is 0 Å². The molecule has 0 spiro atoms. The second kappa shape index (κ2) is 4.94. The van der Waals surface area contributed by atoms with E-state index in [1.54, 1.807) is 7.11 Å². The first-order valence-electron chi connectivity index (χ1n) is 5.19. The predicted molar refractivity (Wildman–Crippen MR) is 62.5 cm³/mol. The third kappa shape index (κ3) is 2.82. The van der Waals surface area contributed by atoms with Gasteiger partial charge in [-0.25, -0.2) is 0 Å². The van der Waals surface area contributed by atoms with E-state index < -0.39 is 0 Å². The van der Waals surface area contributed by atoms with E-state index in [1.165, 1.54) is 0 Å². The van der Waals surface area contributed by atoms with Crippen molar-refractivity contribution < 1.29 is 4.74 Å². The van der Waals surface area contributed by atoms with Crippen molar-refractivity contribution in [3.63, 3.8) is 0 Å². The van der Waals surface area contributed by atoms with Crippen molar-refractivity contribution in [3.05, 3.63) is 0 Å². The zero-order chi connectivity index (χ0) is 10.6. The zero-order valence-electron chi connectivity index (χ0n) is 9.30. The molecule has 1 fully saturated rings. The fraction of sp³-hybridized carbons (Fsp3) is 0.900. The number of nitrogens with zero attached hydrogens (tertiary/aromatic N) is 1. The number of thiocarbonyl (C=S) groups is 1. The quantitative estimate of drug-likeness (QED) is 0.705. The molecule has 1 heterocycles. The molecule has 1 N–H and O–H groups in total. The van der Waals surface area contributed by atoms with Crippen LogP contribution in [-0.4, -0.2) is 42.4 Å². The molecular weight excluding hydrogens is 196 g/mol. The van der Waals surface area contributed by atoms with Gasteiger partial charge in [-0.15, -0.1) is 0 Å². The number of likely N-dealkylation sites (tertiary alicyclic amines) is 1. The monoisotopic (exact) mass is 216 g/mol. The summed E-state index contributed by atoms with van der Waals surface area (Å²) in [5.74, 6) is 0. The third-order valence-electron chi connectivity index (χ3n) is 2.77. The maximum absolute atomic E-state index is 5.51. The summed E-state index contributed by atoms with van der Waals surface area (Å²) in [6.45, 7) is 7.04. The second-order valence-electron chi connectivity index (χ2n) is 4.01. The lowest BCUT2D eigenvalue weighted by atomic mass is 9.95. The van der Waals surface area contributed by atoms with Crippen molar-refractivity contribution >= 4 is 17.3 Å². The summed E-state index contributed by atoms with van der Waals surface area (Å²) in [7, 11) is 1.78. The molecule has 1 aliphatic heterocycles. The van der Waals surface area contributed by atoms with E-state index in [1.807, 2.05) is 0 Å². The first-order chi connectivity index (χ1) is 6.61. The Morgan fingerprint density at radius 3 is 2.93 bits per heavy atom. The van der Waals surface area contributed by atoms with E-state index in [2.05, 4.69) is 24.1 Å². The molecule has 1 atom stereocenters. The van der Waals surface area contributed by atoms with Crippen molar-refractivity contribution in [1.29, 1.82) is 0 Å². The van der Waals surface area contributed by atoms with Gasteiger partial charge in [0.2, 0.25) is 0 Å². The molecule has 4 heteroatoms. The minimum absolute atomic E-state index is 0.0300. The Morgan fingerprint density at radius 2 is 2.36 bits per heavy atom. The number of nitrogens with one attached hydrogen (secondary N) is 1. The summed E-state index contributed by atoms with van der Waals surface area (Å²) in [5.41, 5.74) is -0.0300. The largest absolute Gasteiger partial charge is 0.377 e. The topological polar surface area (TPSA) is 24.5 Å². The van der Waals surface area contributed by atoms with Crippen LogP contribution >= 0.6 is 12.2 Å². The van der Waals surface area contributed by atoms with Gasteiger partial charge in [0.15, 0.2) is 5.11 Å². The number of methoxy groups -OCH3 is 1. The Hall–Kier alpha value is -0.350. The lowest BCUT2D eigenvalue weighted by Gasteiger charge is -2.40. The van der Waals surface area contributed by atoms with Crippen LogP contribution in [0.25, 0.3) is 0 Å². The molecule has 0 aliphatic carbocycles. The number of hydrogen-bond donors (Lipinski definition) is 1. The third-order valence-corrected chi connectivity index (χ3v) is 3.17. The Labute approximate surface area is 91.8 Å². The molecule has 0 aromatic carbocycles. The van der Waals surface area contributed by atoms with E-state index in [0.29, 0.717) is 0 Å². The Morgan fingerprint density at radius 1 is 1.64 bits per heavy atom. The van der Waals surface area contributed by atoms with Crippen LogP contribution in [0.2, 0.25) is 0 Å². The fourth-order valence-electron chi connectivity index (χ4n) is 1.81. The van der Waals surface area contributed by atoms with Crippen LogP contribution < -0.4 is 5.32 Å². The number of rotatable bonds is 2. The van der Waals surface area contributed by atoms with Crippen molar-refractivity contribution in [2.24, 2.45) is 0 Å². The molecule has 3 nitrogen and oxygen atoms in total. The standard InChI is InChI=1S/C10H20N2OS/c1-4-11-9(14)12-7-5-6-10(2,8-12)13-3/h4-8H2,1-3H3,(H,11,14). The number of ether oxygens (including phenoxy) is 1. The molecule has 0 saturated carbocycles. The second-order valence-corrected chi connectivity index (χ2v) is 4.40. The van der Waals surface area contributed by atoms with Gasteiger partial charge in [-0.05, 0) is 38.9 Å². The van der Waals surface area contributed by atoms with E-state index >= 15 is 0 Å². The Kier molecular flexibility index (Phi) is 4.13. The summed E-state index contributed by atoms with van der Waals surface area (Å²) < 4.78 is 5.51. The molecule has 82 valence electrons. The molecule has 1 rings (SSSR count). The van der Waals surface area contributed by atoms with E-state index in [-0.39, 0.29) is 5.60 Å². The highest BCUT2D eigenvalue weighted by molar-refractivity contribution is 7.80. The summed E-state index contributed by atoms with van der Waals surface area (Å²) in [6, 6.07) is 0. The Bertz CT molecular complexity index is 210. The van der Waals surface area contributed by atoms with Gasteiger partial charge in [0.1, 0.15) is 0 Å². The lowest BCUT2D eigenvalue weighted by molar-refractivity contribution is -0.0349. The summed E-state index contributed by atoms with van der Waals surface area (Å²) in [5, 5.41) is 4.04. The average molecular weight is 216 g/mol. The summed E-state index contributed by atoms with van der Waals surface area (Å²) in [6.07, 6.45) is 2.27. The SMILES string of the molecule is CCNC(=S)N1CCCC(C)(OC)C1. The molecule has 14 heavy (non-hydrogen) atoms. The predicted octanol–water partition coefficient (Wildman–Crippen LogP) is 1.38. The van der Waals surface area contributed by atoms with Crippen LogP contribution in [-0.2, 0) is 4.74 Å². The van der Waals surface area contributed by atoms with Gasteiger partial charge >= 0.3 is 0 Å². The first kappa shape index (κ1) is 11.7. The van der Waals surface area contributed by atoms with E-state index in [9.17, 15) is 0 Å². The normalized spacial score (nSPS) is 27.5. The van der Waals surface area contributed by atoms with Gasteiger partial charge < -0.3 is 15.0 Å². The molecule has 0 radical (unpaired) electrons. The van der Waals surface area contributed by atoms with Gasteiger partial charge in [-0.2, -0.15) is 0 Å². The minimum Gasteiger partial charge on any atom is -0.377 e. The number of hydrogen-bond acceptors (Lipinski definition) is 2. The highest BCUT2D eigenvalue weighted by atomic mass is 32.1. The van der Waals surface area contributed by atoms with Gasteiger partial charge in [-0.1, -0.05) is 0 Å². The van der Waals surface area contributed by atoms with Crippen LogP contribution in [0.1, 0.15) is 26.7 Å². The molecule has 1 unspecified atom stereocenters. The Balaban J connectivity index is 2.51. The van der Waals surface area contributed by atoms with Crippen molar-refractivity contribution in [1.82, 2.24) is 10.2 Å². The van der Waals surface area contributed by atoms with Crippen LogP contribution in [0.4, 0.5) is 0 Å². The molecule has 0 bridgehead atoms. The van der Waals surface area contributed by atoms with Crippen LogP contribution in [0, 0.1) is 0 Å². The van der Waals surface area contributed by atoms with Gasteiger partial charge in [0.25, 0.3) is 0 Å². The zero-order valence-corrected chi connectivity index (χ0v) is 10.1. The molecule has 0 amide bonds. The highest BCUT2D eigenvalue weighted by Crippen LogP contribution is 2.23. The van der Waals surface area contributed by atoms with Crippen LogP contribution in [0.5, 0.6) is 0 Å². The maximum Gasteiger partial charge on any atom is 0.169 e. The summed E-state index contributed by atoms with van der Waals surface area (Å²) in [4.78, 5) is 2.20. The van der Waals surface area contributed by atoms with Crippen LogP contribution in [0.15, 0.2) is 0 Å². The van der Waals surface area contributed by atoms with Gasteiger partial charge in [-0.3, -0.25) is 0 Å². The first-order valence-corrected chi connectivity index (χ1v) is 5.60. The lowest BCUT2D eigenvalue weighted by Crippen LogP contribution is -2.52. The molecular formula is C10H20N2OS. The van der Waals surface area contributed by atoms with E-state index in [0.717, 1.165) is 37.6 Å². The summed E-state index contributed by atoms with van der Waals surface area (Å²) >= 11 is 5.28. The van der Waals surface area contributed by atoms with Gasteiger partial charge in [0.05, 0.1) is 5.60 Å². The minimum atomic E-state index is -0.0300. The van der Waals surface area contributed by atoms with Crippen molar-refractivity contribution in [2.45, 2.75) is 32.3 Å². The van der Waals surface area contributed by atoms with E-state index in [4.69, 9.17) is 17.0 Å². The molecule has 1 aliphatic rings. The van der Waals surface area contributed by atoms with Crippen molar-refractivity contribution in [2.75, 3.05) is 26.7 Å².